The summed E-state index contributed by atoms with van der Waals surface area (Å²) in [5.74, 6) is 3.93. The second kappa shape index (κ2) is 2.78. The maximum absolute atomic E-state index is 5.70. The quantitative estimate of drug-likeness (QED) is 0.657. The summed E-state index contributed by atoms with van der Waals surface area (Å²) < 4.78 is 0. The number of nitrogens with two attached hydrogens (primary N) is 1. The fourth-order valence-electron chi connectivity index (χ4n) is 2.43. The van der Waals surface area contributed by atoms with E-state index in [9.17, 15) is 0 Å². The van der Waals surface area contributed by atoms with E-state index < -0.39 is 0 Å². The summed E-state index contributed by atoms with van der Waals surface area (Å²) in [6.07, 6.45) is 5.97. The van der Waals surface area contributed by atoms with Crippen molar-refractivity contribution in [3.63, 3.8) is 0 Å². The van der Waals surface area contributed by atoms with Crippen molar-refractivity contribution in [3.05, 3.63) is 0 Å². The predicted molar refractivity (Wildman–Crippen MR) is 47.2 cm³/mol. The van der Waals surface area contributed by atoms with E-state index >= 15 is 0 Å². The summed E-state index contributed by atoms with van der Waals surface area (Å²) in [4.78, 5) is 0. The molecule has 2 N–H and O–H groups in total. The van der Waals surface area contributed by atoms with Gasteiger partial charge in [-0.2, -0.15) is 0 Å². The fraction of sp³-hybridized carbons (Fsp3) is 1.00. The first-order valence-corrected chi connectivity index (χ1v) is 5.03. The number of hydrogen-bond donors (Lipinski definition) is 1. The highest BCUT2D eigenvalue weighted by Crippen LogP contribution is 2.52. The third kappa shape index (κ3) is 1.58. The van der Waals surface area contributed by atoms with Gasteiger partial charge in [-0.15, -0.1) is 0 Å². The van der Waals surface area contributed by atoms with Gasteiger partial charge >= 0.3 is 0 Å². The van der Waals surface area contributed by atoms with Crippen molar-refractivity contribution in [2.75, 3.05) is 6.54 Å². The zero-order chi connectivity index (χ0) is 7.84. The van der Waals surface area contributed by atoms with Crippen molar-refractivity contribution in [1.29, 1.82) is 0 Å². The van der Waals surface area contributed by atoms with Gasteiger partial charge in [0.1, 0.15) is 0 Å². The summed E-state index contributed by atoms with van der Waals surface area (Å²) in [6, 6.07) is 0. The molecule has 0 bridgehead atoms. The Bertz CT molecular complexity index is 124. The summed E-state index contributed by atoms with van der Waals surface area (Å²) in [5, 5.41) is 0. The van der Waals surface area contributed by atoms with Gasteiger partial charge in [0, 0.05) is 0 Å². The van der Waals surface area contributed by atoms with Crippen LogP contribution in [0.5, 0.6) is 0 Å². The predicted octanol–water partition coefficient (Wildman–Crippen LogP) is 2.02. The Morgan fingerprint density at radius 1 is 1.18 bits per heavy atom. The number of rotatable bonds is 4. The van der Waals surface area contributed by atoms with Crippen LogP contribution in [-0.2, 0) is 0 Å². The molecule has 2 aliphatic rings. The molecule has 0 saturated heterocycles. The Morgan fingerprint density at radius 3 is 1.91 bits per heavy atom. The first-order chi connectivity index (χ1) is 5.33. The molecular formula is C10H19N. The second-order valence-corrected chi connectivity index (χ2v) is 4.47. The van der Waals surface area contributed by atoms with E-state index in [1.807, 2.05) is 0 Å². The van der Waals surface area contributed by atoms with E-state index in [2.05, 4.69) is 6.92 Å². The molecule has 2 aliphatic carbocycles. The molecule has 2 fully saturated rings. The Balaban J connectivity index is 1.90. The molecule has 0 aromatic rings. The molecule has 0 aromatic carbocycles. The zero-order valence-electron chi connectivity index (χ0n) is 7.42. The van der Waals surface area contributed by atoms with E-state index in [0.717, 1.165) is 30.2 Å². The van der Waals surface area contributed by atoms with Gasteiger partial charge in [0.15, 0.2) is 0 Å². The van der Waals surface area contributed by atoms with Crippen LogP contribution in [0.15, 0.2) is 0 Å². The Morgan fingerprint density at radius 2 is 1.64 bits per heavy atom. The molecule has 1 heteroatoms. The SMILES string of the molecule is CC(CN)C(C1CC1)C1CC1. The second-order valence-electron chi connectivity index (χ2n) is 4.47. The monoisotopic (exact) mass is 153 g/mol. The third-order valence-electron chi connectivity index (χ3n) is 3.36. The van der Waals surface area contributed by atoms with Gasteiger partial charge in [0.05, 0.1) is 0 Å². The van der Waals surface area contributed by atoms with Crippen molar-refractivity contribution in [2.24, 2.45) is 29.4 Å². The number of hydrogen-bond acceptors (Lipinski definition) is 1. The lowest BCUT2D eigenvalue weighted by Gasteiger charge is -2.21. The van der Waals surface area contributed by atoms with Gasteiger partial charge in [-0.25, -0.2) is 0 Å². The third-order valence-corrected chi connectivity index (χ3v) is 3.36. The van der Waals surface area contributed by atoms with Crippen LogP contribution >= 0.6 is 0 Å². The molecule has 1 atom stereocenters. The van der Waals surface area contributed by atoms with E-state index in [-0.39, 0.29) is 0 Å². The molecule has 0 aliphatic heterocycles. The lowest BCUT2D eigenvalue weighted by Crippen LogP contribution is -2.23. The lowest BCUT2D eigenvalue weighted by molar-refractivity contribution is 0.285. The van der Waals surface area contributed by atoms with Crippen molar-refractivity contribution in [2.45, 2.75) is 32.6 Å². The van der Waals surface area contributed by atoms with Gasteiger partial charge in [-0.05, 0) is 55.9 Å². The first kappa shape index (κ1) is 7.60. The van der Waals surface area contributed by atoms with Crippen molar-refractivity contribution in [1.82, 2.24) is 0 Å². The van der Waals surface area contributed by atoms with Gasteiger partial charge < -0.3 is 5.73 Å². The van der Waals surface area contributed by atoms with Crippen LogP contribution < -0.4 is 5.73 Å². The van der Waals surface area contributed by atoms with E-state index in [1.165, 1.54) is 25.7 Å². The molecule has 0 radical (unpaired) electrons. The molecule has 2 saturated carbocycles. The molecule has 1 nitrogen and oxygen atoms in total. The molecular weight excluding hydrogens is 134 g/mol. The average Bonchev–Trinajstić information content (AvgIpc) is 2.81. The highest BCUT2D eigenvalue weighted by molar-refractivity contribution is 4.93. The van der Waals surface area contributed by atoms with E-state index in [1.54, 1.807) is 0 Å². The van der Waals surface area contributed by atoms with Crippen molar-refractivity contribution < 1.29 is 0 Å². The molecule has 0 amide bonds. The maximum Gasteiger partial charge on any atom is -0.00487 e. The topological polar surface area (TPSA) is 26.0 Å². The lowest BCUT2D eigenvalue weighted by atomic mass is 9.85. The molecule has 1 unspecified atom stereocenters. The molecule has 11 heavy (non-hydrogen) atoms. The first-order valence-electron chi connectivity index (χ1n) is 5.03. The highest BCUT2D eigenvalue weighted by Gasteiger charge is 2.43. The summed E-state index contributed by atoms with van der Waals surface area (Å²) in [6.45, 7) is 3.24. The van der Waals surface area contributed by atoms with Crippen LogP contribution in [-0.4, -0.2) is 6.54 Å². The minimum atomic E-state index is 0.787. The van der Waals surface area contributed by atoms with Crippen LogP contribution in [0.3, 0.4) is 0 Å². The average molecular weight is 153 g/mol. The smallest absolute Gasteiger partial charge is 0.00487 e. The minimum absolute atomic E-state index is 0.787. The van der Waals surface area contributed by atoms with E-state index in [0.29, 0.717) is 0 Å². The maximum atomic E-state index is 5.70. The van der Waals surface area contributed by atoms with Crippen LogP contribution in [0.2, 0.25) is 0 Å². The van der Waals surface area contributed by atoms with Gasteiger partial charge in [-0.1, -0.05) is 6.92 Å². The standard InChI is InChI=1S/C10H19N/c1-7(6-11)10(8-2-3-8)9-4-5-9/h7-10H,2-6,11H2,1H3. The Hall–Kier alpha value is -0.0400. The summed E-state index contributed by atoms with van der Waals surface area (Å²) in [7, 11) is 0. The Kier molecular flexibility index (Phi) is 1.92. The zero-order valence-corrected chi connectivity index (χ0v) is 7.42. The van der Waals surface area contributed by atoms with Crippen LogP contribution in [0, 0.1) is 23.7 Å². The molecule has 0 aromatic heterocycles. The van der Waals surface area contributed by atoms with Crippen LogP contribution in [0.4, 0.5) is 0 Å². The van der Waals surface area contributed by atoms with Gasteiger partial charge in [0.2, 0.25) is 0 Å². The highest BCUT2D eigenvalue weighted by atomic mass is 14.6. The van der Waals surface area contributed by atoms with Gasteiger partial charge in [-0.3, -0.25) is 0 Å². The summed E-state index contributed by atoms with van der Waals surface area (Å²) in [5.41, 5.74) is 5.70. The van der Waals surface area contributed by atoms with Gasteiger partial charge in [0.25, 0.3) is 0 Å². The minimum Gasteiger partial charge on any atom is -0.330 e. The molecule has 64 valence electrons. The van der Waals surface area contributed by atoms with Crippen LogP contribution in [0.25, 0.3) is 0 Å². The summed E-state index contributed by atoms with van der Waals surface area (Å²) >= 11 is 0. The van der Waals surface area contributed by atoms with E-state index in [4.69, 9.17) is 5.73 Å². The Labute approximate surface area is 69.4 Å². The normalized spacial score (nSPS) is 27.5. The van der Waals surface area contributed by atoms with Crippen LogP contribution in [0.1, 0.15) is 32.6 Å². The molecule has 2 rings (SSSR count). The fourth-order valence-corrected chi connectivity index (χ4v) is 2.43. The molecule has 0 heterocycles. The largest absolute Gasteiger partial charge is 0.330 e. The van der Waals surface area contributed by atoms with Crippen molar-refractivity contribution in [3.8, 4) is 0 Å². The molecule has 0 spiro atoms. The van der Waals surface area contributed by atoms with Crippen molar-refractivity contribution >= 4 is 0 Å².